The Morgan fingerprint density at radius 3 is 2.30 bits per heavy atom. The smallest absolute Gasteiger partial charge is 0.0587 e. The van der Waals surface area contributed by atoms with Gasteiger partial charge < -0.3 is 5.11 Å². The van der Waals surface area contributed by atoms with Gasteiger partial charge in [-0.25, -0.2) is 0 Å². The number of aliphatic hydroxyl groups excluding tert-OH is 1. The van der Waals surface area contributed by atoms with E-state index < -0.39 is 0 Å². The Hall–Kier alpha value is -0.860. The number of likely N-dealkylation sites (tertiary alicyclic amines) is 1. The fraction of sp³-hybridized carbons (Fsp3) is 0.667. The van der Waals surface area contributed by atoms with Gasteiger partial charge in [0, 0.05) is 12.6 Å². The molecule has 20 heavy (non-hydrogen) atoms. The summed E-state index contributed by atoms with van der Waals surface area (Å²) >= 11 is 0. The summed E-state index contributed by atoms with van der Waals surface area (Å²) in [6, 6.07) is 5.04. The molecule has 0 amide bonds. The van der Waals surface area contributed by atoms with Gasteiger partial charge in [-0.2, -0.15) is 0 Å². The maximum atomic E-state index is 9.46. The van der Waals surface area contributed by atoms with E-state index in [4.69, 9.17) is 0 Å². The highest BCUT2D eigenvalue weighted by Gasteiger charge is 2.25. The molecule has 1 fully saturated rings. The summed E-state index contributed by atoms with van der Waals surface area (Å²) in [5.41, 5.74) is 5.83. The summed E-state index contributed by atoms with van der Waals surface area (Å²) in [7, 11) is 0. The fourth-order valence-corrected chi connectivity index (χ4v) is 3.19. The lowest BCUT2D eigenvalue weighted by molar-refractivity contribution is 0.153. The number of hydrogen-bond acceptors (Lipinski definition) is 2. The van der Waals surface area contributed by atoms with Crippen molar-refractivity contribution >= 4 is 0 Å². The molecule has 0 spiro atoms. The van der Waals surface area contributed by atoms with Crippen molar-refractivity contribution in [2.75, 3.05) is 13.2 Å². The molecule has 0 aromatic heterocycles. The molecule has 1 unspecified atom stereocenters. The van der Waals surface area contributed by atoms with Crippen molar-refractivity contribution in [2.45, 2.75) is 65.5 Å². The molecule has 1 saturated heterocycles. The Kier molecular flexibility index (Phi) is 4.55. The van der Waals surface area contributed by atoms with Gasteiger partial charge in [-0.1, -0.05) is 32.9 Å². The SMILES string of the molecule is Cc1cc(C(C)(C)C)cc(C)c1CN1CCCC1CO. The highest BCUT2D eigenvalue weighted by atomic mass is 16.3. The lowest BCUT2D eigenvalue weighted by Crippen LogP contribution is -2.32. The van der Waals surface area contributed by atoms with Gasteiger partial charge in [-0.05, 0) is 60.9 Å². The number of benzene rings is 1. The molecule has 0 saturated carbocycles. The quantitative estimate of drug-likeness (QED) is 0.912. The molecule has 1 aliphatic heterocycles. The van der Waals surface area contributed by atoms with E-state index in [0.717, 1.165) is 19.5 Å². The van der Waals surface area contributed by atoms with Crippen LogP contribution >= 0.6 is 0 Å². The van der Waals surface area contributed by atoms with E-state index in [-0.39, 0.29) is 12.0 Å². The molecular formula is C18H29NO. The van der Waals surface area contributed by atoms with Crippen molar-refractivity contribution in [3.63, 3.8) is 0 Å². The summed E-state index contributed by atoms with van der Waals surface area (Å²) in [6.45, 7) is 13.6. The second kappa shape index (κ2) is 5.87. The summed E-state index contributed by atoms with van der Waals surface area (Å²) in [5, 5.41) is 9.46. The van der Waals surface area contributed by atoms with Crippen molar-refractivity contribution in [3.8, 4) is 0 Å². The predicted octanol–water partition coefficient (Wildman–Crippen LogP) is 3.56. The molecule has 0 radical (unpaired) electrons. The average Bonchev–Trinajstić information content (AvgIpc) is 2.79. The van der Waals surface area contributed by atoms with Crippen LogP contribution in [-0.2, 0) is 12.0 Å². The first-order valence-electron chi connectivity index (χ1n) is 7.78. The topological polar surface area (TPSA) is 23.5 Å². The van der Waals surface area contributed by atoms with E-state index in [1.807, 2.05) is 0 Å². The van der Waals surface area contributed by atoms with Crippen LogP contribution in [0.2, 0.25) is 0 Å². The highest BCUT2D eigenvalue weighted by molar-refractivity contribution is 5.40. The summed E-state index contributed by atoms with van der Waals surface area (Å²) < 4.78 is 0. The van der Waals surface area contributed by atoms with Gasteiger partial charge in [-0.15, -0.1) is 0 Å². The zero-order chi connectivity index (χ0) is 14.9. The second-order valence-corrected chi connectivity index (χ2v) is 7.29. The lowest BCUT2D eigenvalue weighted by Gasteiger charge is -2.27. The van der Waals surface area contributed by atoms with Gasteiger partial charge >= 0.3 is 0 Å². The first-order valence-corrected chi connectivity index (χ1v) is 7.78. The van der Waals surface area contributed by atoms with Gasteiger partial charge in [0.05, 0.1) is 6.61 Å². The van der Waals surface area contributed by atoms with E-state index in [9.17, 15) is 5.11 Å². The van der Waals surface area contributed by atoms with E-state index in [2.05, 4.69) is 51.7 Å². The normalized spacial score (nSPS) is 20.6. The first kappa shape index (κ1) is 15.5. The van der Waals surface area contributed by atoms with Crippen molar-refractivity contribution in [2.24, 2.45) is 0 Å². The number of aryl methyl sites for hydroxylation is 2. The maximum absolute atomic E-state index is 9.46. The Balaban J connectivity index is 2.25. The van der Waals surface area contributed by atoms with Crippen LogP contribution in [0.3, 0.4) is 0 Å². The molecule has 2 rings (SSSR count). The number of hydrogen-bond donors (Lipinski definition) is 1. The van der Waals surface area contributed by atoms with E-state index in [0.29, 0.717) is 6.04 Å². The monoisotopic (exact) mass is 275 g/mol. The Bertz CT molecular complexity index is 450. The molecule has 1 heterocycles. The number of rotatable bonds is 3. The predicted molar refractivity (Wildman–Crippen MR) is 85.1 cm³/mol. The summed E-state index contributed by atoms with van der Waals surface area (Å²) in [5.74, 6) is 0. The van der Waals surface area contributed by atoms with Gasteiger partial charge in [-0.3, -0.25) is 4.90 Å². The Morgan fingerprint density at radius 2 is 1.80 bits per heavy atom. The van der Waals surface area contributed by atoms with Gasteiger partial charge in [0.1, 0.15) is 0 Å². The van der Waals surface area contributed by atoms with Gasteiger partial charge in [0.2, 0.25) is 0 Å². The zero-order valence-electron chi connectivity index (χ0n) is 13.7. The average molecular weight is 275 g/mol. The summed E-state index contributed by atoms with van der Waals surface area (Å²) in [4.78, 5) is 2.44. The minimum Gasteiger partial charge on any atom is -0.395 e. The fourth-order valence-electron chi connectivity index (χ4n) is 3.19. The summed E-state index contributed by atoms with van der Waals surface area (Å²) in [6.07, 6.45) is 2.35. The van der Waals surface area contributed by atoms with Crippen LogP contribution in [0.25, 0.3) is 0 Å². The highest BCUT2D eigenvalue weighted by Crippen LogP contribution is 2.29. The van der Waals surface area contributed by atoms with Crippen LogP contribution in [0.4, 0.5) is 0 Å². The minimum atomic E-state index is 0.204. The number of aliphatic hydroxyl groups is 1. The third kappa shape index (κ3) is 3.24. The standard InChI is InChI=1S/C18H29NO/c1-13-9-15(18(3,4)5)10-14(2)17(13)11-19-8-6-7-16(19)12-20/h9-10,16,20H,6-8,11-12H2,1-5H3. The van der Waals surface area contributed by atoms with Crippen molar-refractivity contribution < 1.29 is 5.11 Å². The number of nitrogens with zero attached hydrogens (tertiary/aromatic N) is 1. The minimum absolute atomic E-state index is 0.204. The lowest BCUT2D eigenvalue weighted by atomic mass is 9.83. The Labute approximate surface area is 123 Å². The first-order chi connectivity index (χ1) is 9.32. The molecule has 112 valence electrons. The van der Waals surface area contributed by atoms with Gasteiger partial charge in [0.25, 0.3) is 0 Å². The molecule has 1 aromatic rings. The van der Waals surface area contributed by atoms with E-state index in [1.165, 1.54) is 28.7 Å². The van der Waals surface area contributed by atoms with Crippen LogP contribution in [0.1, 0.15) is 55.9 Å². The van der Waals surface area contributed by atoms with Crippen LogP contribution in [0, 0.1) is 13.8 Å². The van der Waals surface area contributed by atoms with Crippen LogP contribution in [-0.4, -0.2) is 29.2 Å². The van der Waals surface area contributed by atoms with Crippen LogP contribution < -0.4 is 0 Å². The molecular weight excluding hydrogens is 246 g/mol. The molecule has 1 aliphatic rings. The second-order valence-electron chi connectivity index (χ2n) is 7.29. The van der Waals surface area contributed by atoms with Crippen molar-refractivity contribution in [3.05, 3.63) is 34.4 Å². The molecule has 2 heteroatoms. The molecule has 1 N–H and O–H groups in total. The van der Waals surface area contributed by atoms with E-state index in [1.54, 1.807) is 0 Å². The van der Waals surface area contributed by atoms with E-state index >= 15 is 0 Å². The molecule has 0 aliphatic carbocycles. The zero-order valence-corrected chi connectivity index (χ0v) is 13.7. The van der Waals surface area contributed by atoms with Crippen LogP contribution in [0.5, 0.6) is 0 Å². The maximum Gasteiger partial charge on any atom is 0.0587 e. The molecule has 1 aromatic carbocycles. The van der Waals surface area contributed by atoms with Gasteiger partial charge in [0.15, 0.2) is 0 Å². The third-order valence-electron chi connectivity index (χ3n) is 4.63. The molecule has 0 bridgehead atoms. The van der Waals surface area contributed by atoms with Crippen molar-refractivity contribution in [1.82, 2.24) is 4.90 Å². The van der Waals surface area contributed by atoms with Crippen molar-refractivity contribution in [1.29, 1.82) is 0 Å². The largest absolute Gasteiger partial charge is 0.395 e. The van der Waals surface area contributed by atoms with Crippen LogP contribution in [0.15, 0.2) is 12.1 Å². The third-order valence-corrected chi connectivity index (χ3v) is 4.63. The molecule has 1 atom stereocenters. The molecule has 2 nitrogen and oxygen atoms in total. The Morgan fingerprint density at radius 1 is 1.20 bits per heavy atom.